The van der Waals surface area contributed by atoms with Crippen molar-refractivity contribution >= 4 is 17.8 Å². The molecule has 0 aliphatic rings. The Labute approximate surface area is 72.5 Å². The van der Waals surface area contributed by atoms with Gasteiger partial charge in [0.1, 0.15) is 0 Å². The summed E-state index contributed by atoms with van der Waals surface area (Å²) in [4.78, 5) is 12.5. The predicted molar refractivity (Wildman–Crippen MR) is 50.1 cm³/mol. The van der Waals surface area contributed by atoms with E-state index in [1.165, 1.54) is 0 Å². The van der Waals surface area contributed by atoms with Gasteiger partial charge in [0.15, 0.2) is 0 Å². The molecule has 0 aromatic carbocycles. The van der Waals surface area contributed by atoms with Crippen molar-refractivity contribution in [2.45, 2.75) is 6.42 Å². The first kappa shape index (κ1) is 10.6. The molecule has 4 heteroatoms. The van der Waals surface area contributed by atoms with Crippen molar-refractivity contribution in [2.75, 3.05) is 32.6 Å². The Morgan fingerprint density at radius 3 is 2.64 bits per heavy atom. The molecule has 0 rings (SSSR count). The first-order valence-electron chi connectivity index (χ1n) is 3.62. The van der Waals surface area contributed by atoms with Crippen LogP contribution >= 0.6 is 11.8 Å². The van der Waals surface area contributed by atoms with Crippen LogP contribution in [0.15, 0.2) is 0 Å². The van der Waals surface area contributed by atoms with Crippen LogP contribution in [0.1, 0.15) is 6.42 Å². The van der Waals surface area contributed by atoms with Crippen molar-refractivity contribution < 1.29 is 4.79 Å². The van der Waals surface area contributed by atoms with E-state index in [1.54, 1.807) is 30.8 Å². The molecule has 0 radical (unpaired) electrons. The SMILES string of the molecule is CSCCCNC(=O)N(C)C. The molecule has 1 N–H and O–H groups in total. The van der Waals surface area contributed by atoms with E-state index < -0.39 is 0 Å². The normalized spacial score (nSPS) is 9.36. The monoisotopic (exact) mass is 176 g/mol. The molecule has 0 fully saturated rings. The van der Waals surface area contributed by atoms with Crippen molar-refractivity contribution in [1.29, 1.82) is 0 Å². The largest absolute Gasteiger partial charge is 0.338 e. The third kappa shape index (κ3) is 6.04. The van der Waals surface area contributed by atoms with Crippen LogP contribution in [0.5, 0.6) is 0 Å². The lowest BCUT2D eigenvalue weighted by Crippen LogP contribution is -2.35. The molecule has 0 atom stereocenters. The van der Waals surface area contributed by atoms with Crippen LogP contribution in [0.3, 0.4) is 0 Å². The standard InChI is InChI=1S/C7H16N2OS/c1-9(2)7(10)8-5-4-6-11-3/h4-6H2,1-3H3,(H,8,10). The summed E-state index contributed by atoms with van der Waals surface area (Å²) in [5.41, 5.74) is 0. The summed E-state index contributed by atoms with van der Waals surface area (Å²) in [7, 11) is 3.48. The number of hydrogen-bond acceptors (Lipinski definition) is 2. The molecule has 0 aromatic rings. The Bertz CT molecular complexity index is 117. The zero-order valence-electron chi connectivity index (χ0n) is 7.39. The number of thioether (sulfide) groups is 1. The number of amides is 2. The number of rotatable bonds is 4. The lowest BCUT2D eigenvalue weighted by Gasteiger charge is -2.11. The summed E-state index contributed by atoms with van der Waals surface area (Å²) in [6, 6.07) is -0.00824. The quantitative estimate of drug-likeness (QED) is 0.648. The Kier molecular flexibility index (Phi) is 6.12. The maximum atomic E-state index is 10.9. The minimum absolute atomic E-state index is 0.00824. The molecule has 11 heavy (non-hydrogen) atoms. The second-order valence-electron chi connectivity index (χ2n) is 2.47. The lowest BCUT2D eigenvalue weighted by atomic mass is 10.5. The zero-order chi connectivity index (χ0) is 8.69. The molecule has 0 unspecified atom stereocenters. The van der Waals surface area contributed by atoms with Crippen LogP contribution in [0.4, 0.5) is 4.79 Å². The lowest BCUT2D eigenvalue weighted by molar-refractivity contribution is 0.217. The number of hydrogen-bond donors (Lipinski definition) is 1. The fourth-order valence-electron chi connectivity index (χ4n) is 0.570. The van der Waals surface area contributed by atoms with Gasteiger partial charge in [-0.1, -0.05) is 0 Å². The summed E-state index contributed by atoms with van der Waals surface area (Å²) in [5, 5.41) is 2.79. The molecule has 0 saturated heterocycles. The molecule has 66 valence electrons. The van der Waals surface area contributed by atoms with Gasteiger partial charge in [-0.2, -0.15) is 11.8 Å². The molecular formula is C7H16N2OS. The number of carbonyl (C=O) groups excluding carboxylic acids is 1. The van der Waals surface area contributed by atoms with Crippen LogP contribution in [-0.4, -0.2) is 43.6 Å². The minimum atomic E-state index is -0.00824. The summed E-state index contributed by atoms with van der Waals surface area (Å²) in [6.07, 6.45) is 3.11. The van der Waals surface area contributed by atoms with Gasteiger partial charge < -0.3 is 10.2 Å². The second-order valence-corrected chi connectivity index (χ2v) is 3.46. The fraction of sp³-hybridized carbons (Fsp3) is 0.857. The van der Waals surface area contributed by atoms with Gasteiger partial charge in [0.25, 0.3) is 0 Å². The van der Waals surface area contributed by atoms with E-state index in [-0.39, 0.29) is 6.03 Å². The molecular weight excluding hydrogens is 160 g/mol. The topological polar surface area (TPSA) is 32.3 Å². The molecule has 0 heterocycles. The van der Waals surface area contributed by atoms with Gasteiger partial charge in [-0.05, 0) is 18.4 Å². The summed E-state index contributed by atoms with van der Waals surface area (Å²) in [5.74, 6) is 1.10. The highest BCUT2D eigenvalue weighted by Crippen LogP contribution is 1.93. The Hall–Kier alpha value is -0.380. The predicted octanol–water partition coefficient (Wildman–Crippen LogP) is 1.01. The van der Waals surface area contributed by atoms with Crippen LogP contribution < -0.4 is 5.32 Å². The molecule has 0 saturated carbocycles. The molecule has 0 aliphatic carbocycles. The maximum Gasteiger partial charge on any atom is 0.316 e. The first-order valence-corrected chi connectivity index (χ1v) is 5.02. The van der Waals surface area contributed by atoms with Gasteiger partial charge in [0.2, 0.25) is 0 Å². The van der Waals surface area contributed by atoms with E-state index in [0.717, 1.165) is 18.7 Å². The van der Waals surface area contributed by atoms with E-state index in [0.29, 0.717) is 0 Å². The third-order valence-electron chi connectivity index (χ3n) is 1.21. The molecule has 0 aromatic heterocycles. The van der Waals surface area contributed by atoms with Crippen molar-refractivity contribution in [3.05, 3.63) is 0 Å². The highest BCUT2D eigenvalue weighted by Gasteiger charge is 1.99. The van der Waals surface area contributed by atoms with Crippen LogP contribution in [0.2, 0.25) is 0 Å². The van der Waals surface area contributed by atoms with Crippen LogP contribution in [-0.2, 0) is 0 Å². The minimum Gasteiger partial charge on any atom is -0.338 e. The number of nitrogens with one attached hydrogen (secondary N) is 1. The van der Waals surface area contributed by atoms with Crippen molar-refractivity contribution in [2.24, 2.45) is 0 Å². The van der Waals surface area contributed by atoms with E-state index in [4.69, 9.17) is 0 Å². The Morgan fingerprint density at radius 1 is 1.55 bits per heavy atom. The summed E-state index contributed by atoms with van der Waals surface area (Å²) < 4.78 is 0. The maximum absolute atomic E-state index is 10.9. The second kappa shape index (κ2) is 6.34. The van der Waals surface area contributed by atoms with Gasteiger partial charge in [0, 0.05) is 20.6 Å². The van der Waals surface area contributed by atoms with E-state index >= 15 is 0 Å². The van der Waals surface area contributed by atoms with Crippen molar-refractivity contribution in [3.63, 3.8) is 0 Å². The Morgan fingerprint density at radius 2 is 2.18 bits per heavy atom. The van der Waals surface area contributed by atoms with Crippen molar-refractivity contribution in [1.82, 2.24) is 10.2 Å². The molecule has 0 bridgehead atoms. The summed E-state index contributed by atoms with van der Waals surface area (Å²) in [6.45, 7) is 0.776. The van der Waals surface area contributed by atoms with Crippen LogP contribution in [0, 0.1) is 0 Å². The molecule has 0 spiro atoms. The first-order chi connectivity index (χ1) is 5.18. The van der Waals surface area contributed by atoms with Gasteiger partial charge in [-0.15, -0.1) is 0 Å². The molecule has 2 amide bonds. The smallest absolute Gasteiger partial charge is 0.316 e. The zero-order valence-corrected chi connectivity index (χ0v) is 8.20. The van der Waals surface area contributed by atoms with E-state index in [1.807, 2.05) is 0 Å². The van der Waals surface area contributed by atoms with Crippen LogP contribution in [0.25, 0.3) is 0 Å². The van der Waals surface area contributed by atoms with Gasteiger partial charge in [0.05, 0.1) is 0 Å². The molecule has 3 nitrogen and oxygen atoms in total. The average Bonchev–Trinajstić information content (AvgIpc) is 1.97. The third-order valence-corrected chi connectivity index (χ3v) is 1.90. The van der Waals surface area contributed by atoms with Gasteiger partial charge in [-0.25, -0.2) is 4.79 Å². The Balaban J connectivity index is 3.18. The number of nitrogens with zero attached hydrogens (tertiary/aromatic N) is 1. The number of carbonyl (C=O) groups is 1. The van der Waals surface area contributed by atoms with E-state index in [2.05, 4.69) is 11.6 Å². The number of urea groups is 1. The van der Waals surface area contributed by atoms with Gasteiger partial charge in [-0.3, -0.25) is 0 Å². The highest BCUT2D eigenvalue weighted by atomic mass is 32.2. The summed E-state index contributed by atoms with van der Waals surface area (Å²) >= 11 is 1.80. The highest BCUT2D eigenvalue weighted by molar-refractivity contribution is 7.98. The fourth-order valence-corrected chi connectivity index (χ4v) is 1.00. The van der Waals surface area contributed by atoms with Crippen molar-refractivity contribution in [3.8, 4) is 0 Å². The van der Waals surface area contributed by atoms with Gasteiger partial charge >= 0.3 is 6.03 Å². The molecule has 0 aliphatic heterocycles. The van der Waals surface area contributed by atoms with E-state index in [9.17, 15) is 4.79 Å². The average molecular weight is 176 g/mol.